The number of rotatable bonds is 9. The van der Waals surface area contributed by atoms with Gasteiger partial charge in [0.15, 0.2) is 23.5 Å². The first-order valence-corrected chi connectivity index (χ1v) is 17.4. The molecular weight excluding hydrogens is 642 g/mol. The largest absolute Gasteiger partial charge is 0.493 e. The van der Waals surface area contributed by atoms with Crippen molar-refractivity contribution in [3.05, 3.63) is 88.5 Å². The number of hydrogen-bond donors (Lipinski definition) is 1. The maximum atomic E-state index is 14.2. The Bertz CT molecular complexity index is 1770. The number of nitriles is 1. The fourth-order valence-corrected chi connectivity index (χ4v) is 7.62. The molecule has 256 valence electrons. The normalized spacial score (nSPS) is 22.2. The number of hydrogen-bond acceptors (Lipinski definition) is 8. The third kappa shape index (κ3) is 6.60. The van der Waals surface area contributed by atoms with Gasteiger partial charge in [0.25, 0.3) is 5.91 Å². The van der Waals surface area contributed by atoms with Crippen LogP contribution in [-0.4, -0.2) is 50.0 Å². The molecule has 49 heavy (non-hydrogen) atoms. The molecule has 1 amide bonds. The SMILES string of the molecule is CCN(C(=O)C1=C(OC(=O)C2CCC(C#N)(c3ccc(OC)c(OC4CCCC4)c3)CC2)c2c(Cl)cccc2N(C)C1O)c1ccccc1. The first kappa shape index (κ1) is 34.3. The molecule has 3 aliphatic rings. The average molecular weight is 684 g/mol. The topological polar surface area (TPSA) is 112 Å². The van der Waals surface area contributed by atoms with Crippen LogP contribution < -0.4 is 19.3 Å². The van der Waals surface area contributed by atoms with Crippen molar-refractivity contribution in [2.75, 3.05) is 30.5 Å². The van der Waals surface area contributed by atoms with Gasteiger partial charge in [-0.25, -0.2) is 0 Å². The molecule has 1 aliphatic heterocycles. The predicted octanol–water partition coefficient (Wildman–Crippen LogP) is 7.40. The van der Waals surface area contributed by atoms with E-state index < -0.39 is 29.4 Å². The number of halogens is 1. The minimum Gasteiger partial charge on any atom is -0.493 e. The van der Waals surface area contributed by atoms with Gasteiger partial charge >= 0.3 is 5.97 Å². The number of esters is 1. The van der Waals surface area contributed by atoms with E-state index in [1.54, 1.807) is 37.3 Å². The molecule has 0 saturated heterocycles. The molecule has 0 aromatic heterocycles. The molecule has 2 saturated carbocycles. The van der Waals surface area contributed by atoms with Crippen LogP contribution in [0.5, 0.6) is 11.5 Å². The van der Waals surface area contributed by atoms with E-state index in [4.69, 9.17) is 25.8 Å². The van der Waals surface area contributed by atoms with Gasteiger partial charge in [-0.15, -0.1) is 0 Å². The zero-order valence-corrected chi connectivity index (χ0v) is 28.9. The molecule has 10 heteroatoms. The lowest BCUT2D eigenvalue weighted by Gasteiger charge is -2.38. The number of benzene rings is 3. The molecule has 2 aliphatic carbocycles. The predicted molar refractivity (Wildman–Crippen MR) is 188 cm³/mol. The Hall–Kier alpha value is -4.52. The third-order valence-corrected chi connectivity index (χ3v) is 10.5. The van der Waals surface area contributed by atoms with Gasteiger partial charge < -0.3 is 29.1 Å². The van der Waals surface area contributed by atoms with Crippen LogP contribution in [0.15, 0.2) is 72.3 Å². The molecular formula is C39H42ClN3O6. The summed E-state index contributed by atoms with van der Waals surface area (Å²) in [6.45, 7) is 2.16. The summed E-state index contributed by atoms with van der Waals surface area (Å²) in [5.41, 5.74) is 1.50. The summed E-state index contributed by atoms with van der Waals surface area (Å²) in [5.74, 6) is -0.331. The number of anilines is 2. The van der Waals surface area contributed by atoms with E-state index >= 15 is 0 Å². The molecule has 0 bridgehead atoms. The number of carbonyl (C=O) groups is 2. The van der Waals surface area contributed by atoms with Crippen molar-refractivity contribution in [2.45, 2.75) is 76.0 Å². The molecule has 0 spiro atoms. The van der Waals surface area contributed by atoms with Gasteiger partial charge in [0, 0.05) is 19.3 Å². The molecule has 9 nitrogen and oxygen atoms in total. The minimum atomic E-state index is -1.40. The summed E-state index contributed by atoms with van der Waals surface area (Å²) in [6.07, 6.45) is 4.67. The van der Waals surface area contributed by atoms with Crippen molar-refractivity contribution in [2.24, 2.45) is 5.92 Å². The van der Waals surface area contributed by atoms with Gasteiger partial charge in [-0.05, 0) is 100 Å². The van der Waals surface area contributed by atoms with Crippen molar-refractivity contribution >= 4 is 40.6 Å². The first-order valence-electron chi connectivity index (χ1n) is 17.0. The summed E-state index contributed by atoms with van der Waals surface area (Å²) in [4.78, 5) is 31.3. The van der Waals surface area contributed by atoms with E-state index in [2.05, 4.69) is 6.07 Å². The van der Waals surface area contributed by atoms with Crippen LogP contribution in [0.1, 0.15) is 69.4 Å². The number of aliphatic hydroxyl groups excluding tert-OH is 1. The zero-order chi connectivity index (χ0) is 34.7. The van der Waals surface area contributed by atoms with Crippen molar-refractivity contribution in [3.8, 4) is 17.6 Å². The molecule has 0 radical (unpaired) electrons. The fraction of sp³-hybridized carbons (Fsp3) is 0.410. The maximum absolute atomic E-state index is 14.2. The number of aliphatic hydroxyl groups is 1. The molecule has 1 atom stereocenters. The minimum absolute atomic E-state index is 0.0449. The molecule has 3 aromatic carbocycles. The van der Waals surface area contributed by atoms with Gasteiger partial charge in [-0.3, -0.25) is 9.59 Å². The smallest absolute Gasteiger partial charge is 0.314 e. The summed E-state index contributed by atoms with van der Waals surface area (Å²) in [7, 11) is 3.27. The van der Waals surface area contributed by atoms with Gasteiger partial charge in [0.1, 0.15) is 5.57 Å². The van der Waals surface area contributed by atoms with Crippen LogP contribution >= 0.6 is 11.6 Å². The highest BCUT2D eigenvalue weighted by Gasteiger charge is 2.43. The van der Waals surface area contributed by atoms with Crippen LogP contribution in [0, 0.1) is 17.2 Å². The van der Waals surface area contributed by atoms with E-state index in [1.807, 2.05) is 55.5 Å². The zero-order valence-electron chi connectivity index (χ0n) is 28.2. The number of amides is 1. The number of para-hydroxylation sites is 1. The summed E-state index contributed by atoms with van der Waals surface area (Å²) < 4.78 is 18.0. The van der Waals surface area contributed by atoms with Gasteiger partial charge in [-0.1, -0.05) is 41.9 Å². The second-order valence-corrected chi connectivity index (χ2v) is 13.4. The van der Waals surface area contributed by atoms with Crippen molar-refractivity contribution in [1.82, 2.24) is 0 Å². The quantitative estimate of drug-likeness (QED) is 0.232. The van der Waals surface area contributed by atoms with E-state index in [0.29, 0.717) is 60.7 Å². The number of nitrogens with zero attached hydrogens (tertiary/aromatic N) is 3. The fourth-order valence-electron chi connectivity index (χ4n) is 7.37. The molecule has 2 fully saturated rings. The van der Waals surface area contributed by atoms with Crippen LogP contribution in [0.25, 0.3) is 5.76 Å². The molecule has 1 N–H and O–H groups in total. The highest BCUT2D eigenvalue weighted by Crippen LogP contribution is 2.46. The summed E-state index contributed by atoms with van der Waals surface area (Å²) in [5, 5.41) is 22.3. The number of likely N-dealkylation sites (N-methyl/N-ethyl adjacent to an activating group) is 2. The first-order chi connectivity index (χ1) is 23.7. The molecule has 3 aromatic rings. The van der Waals surface area contributed by atoms with E-state index in [1.165, 1.54) is 4.90 Å². The standard InChI is InChI=1S/C39H42ClN3O6/c1-4-43(27-11-6-5-7-12-27)37(45)34-35(33-29(40)15-10-16-30(33)42(2)36(34)44)49-38(46)25-19-21-39(24-41,22-20-25)26-17-18-31(47-3)32(23-26)48-28-13-8-9-14-28/h5-7,10-12,15-18,23,25,28,36,44H,4,8-9,13-14,19-22H2,1-3H3. The van der Waals surface area contributed by atoms with Crippen LogP contribution in [-0.2, 0) is 19.7 Å². The Labute approximate surface area is 292 Å². The second kappa shape index (κ2) is 14.5. The number of fused-ring (bicyclic) bond motifs is 1. The lowest BCUT2D eigenvalue weighted by atomic mass is 9.67. The monoisotopic (exact) mass is 683 g/mol. The lowest BCUT2D eigenvalue weighted by molar-refractivity contribution is -0.142. The van der Waals surface area contributed by atoms with E-state index in [9.17, 15) is 20.0 Å². The molecule has 1 unspecified atom stereocenters. The van der Waals surface area contributed by atoms with Crippen molar-refractivity contribution in [3.63, 3.8) is 0 Å². The lowest BCUT2D eigenvalue weighted by Crippen LogP contribution is -2.45. The van der Waals surface area contributed by atoms with Crippen molar-refractivity contribution < 1.29 is 28.9 Å². The Kier molecular flexibility index (Phi) is 10.2. The van der Waals surface area contributed by atoms with Gasteiger partial charge in [0.2, 0.25) is 0 Å². The highest BCUT2D eigenvalue weighted by molar-refractivity contribution is 6.33. The average Bonchev–Trinajstić information content (AvgIpc) is 3.64. The van der Waals surface area contributed by atoms with E-state index in [0.717, 1.165) is 31.2 Å². The Morgan fingerprint density at radius 2 is 1.73 bits per heavy atom. The summed E-state index contributed by atoms with van der Waals surface area (Å²) in [6, 6.07) is 22.5. The third-order valence-electron chi connectivity index (χ3n) is 10.2. The van der Waals surface area contributed by atoms with E-state index in [-0.39, 0.29) is 22.5 Å². The molecule has 1 heterocycles. The Morgan fingerprint density at radius 3 is 2.39 bits per heavy atom. The van der Waals surface area contributed by atoms with Gasteiger partial charge in [-0.2, -0.15) is 5.26 Å². The number of ether oxygens (including phenoxy) is 3. The number of carbonyl (C=O) groups excluding carboxylic acids is 2. The van der Waals surface area contributed by atoms with Crippen molar-refractivity contribution in [1.29, 1.82) is 5.26 Å². The summed E-state index contributed by atoms with van der Waals surface area (Å²) >= 11 is 6.72. The van der Waals surface area contributed by atoms with Crippen LogP contribution in [0.4, 0.5) is 11.4 Å². The van der Waals surface area contributed by atoms with Gasteiger partial charge in [0.05, 0.1) is 46.9 Å². The van der Waals surface area contributed by atoms with Crippen LogP contribution in [0.2, 0.25) is 5.02 Å². The van der Waals surface area contributed by atoms with Crippen LogP contribution in [0.3, 0.4) is 0 Å². The number of methoxy groups -OCH3 is 1. The Balaban J connectivity index is 1.28. The maximum Gasteiger partial charge on any atom is 0.314 e. The highest BCUT2D eigenvalue weighted by atomic mass is 35.5. The Morgan fingerprint density at radius 1 is 1.02 bits per heavy atom. The second-order valence-electron chi connectivity index (χ2n) is 13.0. The molecule has 6 rings (SSSR count).